The molecule has 3 aromatic heterocycles. The molecule has 9 heteroatoms. The molecule has 1 fully saturated rings. The van der Waals surface area contributed by atoms with Gasteiger partial charge >= 0.3 is 5.69 Å². The van der Waals surface area contributed by atoms with Gasteiger partial charge in [0.15, 0.2) is 5.65 Å². The number of benzene rings is 1. The molecule has 1 saturated heterocycles. The lowest BCUT2D eigenvalue weighted by Crippen LogP contribution is -2.51. The number of nitrogens with one attached hydrogen (secondary N) is 1. The highest BCUT2D eigenvalue weighted by molar-refractivity contribution is 5.84. The van der Waals surface area contributed by atoms with E-state index in [0.29, 0.717) is 31.8 Å². The summed E-state index contributed by atoms with van der Waals surface area (Å²) >= 11 is 0. The van der Waals surface area contributed by atoms with Crippen LogP contribution in [0.25, 0.3) is 11.3 Å². The summed E-state index contributed by atoms with van der Waals surface area (Å²) in [6, 6.07) is 14.9. The number of nitrogens with zero attached hydrogens (tertiary/aromatic N) is 6. The van der Waals surface area contributed by atoms with E-state index in [9.17, 15) is 9.59 Å². The first-order chi connectivity index (χ1) is 15.5. The van der Waals surface area contributed by atoms with Crippen molar-refractivity contribution >= 4 is 11.6 Å². The summed E-state index contributed by atoms with van der Waals surface area (Å²) in [5, 5.41) is 12.1. The van der Waals surface area contributed by atoms with Crippen molar-refractivity contribution in [2.24, 2.45) is 0 Å². The first-order valence-corrected chi connectivity index (χ1v) is 10.7. The number of fused-ring (bicyclic) bond motifs is 1. The standard InChI is InChI=1S/C23H25N7O2/c1-16-20(17(2)30(25-16)18-8-4-3-5-9-18)21-22(31)24-11-13-27(21)14-15-29-23(32)28-12-7-6-10-19(28)26-29/h3-10,12,21H,11,13-15H2,1-2H3,(H,24,31)/t21-/m0/s1. The molecule has 32 heavy (non-hydrogen) atoms. The predicted molar refractivity (Wildman–Crippen MR) is 120 cm³/mol. The van der Waals surface area contributed by atoms with E-state index < -0.39 is 6.04 Å². The van der Waals surface area contributed by atoms with Crippen molar-refractivity contribution in [1.29, 1.82) is 0 Å². The number of rotatable bonds is 5. The maximum absolute atomic E-state index is 13.0. The third kappa shape index (κ3) is 3.40. The molecule has 0 aliphatic carbocycles. The van der Waals surface area contributed by atoms with Crippen LogP contribution in [0.1, 0.15) is 23.0 Å². The van der Waals surface area contributed by atoms with E-state index in [4.69, 9.17) is 5.10 Å². The van der Waals surface area contributed by atoms with E-state index in [1.807, 2.05) is 54.9 Å². The second-order valence-corrected chi connectivity index (χ2v) is 8.00. The van der Waals surface area contributed by atoms with Gasteiger partial charge in [-0.1, -0.05) is 24.3 Å². The minimum absolute atomic E-state index is 0.0441. The van der Waals surface area contributed by atoms with Gasteiger partial charge < -0.3 is 5.32 Å². The molecule has 1 N–H and O–H groups in total. The molecular weight excluding hydrogens is 406 g/mol. The summed E-state index contributed by atoms with van der Waals surface area (Å²) in [4.78, 5) is 27.7. The average Bonchev–Trinajstić information content (AvgIpc) is 3.29. The Morgan fingerprint density at radius 3 is 2.56 bits per heavy atom. The maximum Gasteiger partial charge on any atom is 0.350 e. The number of hydrogen-bond donors (Lipinski definition) is 1. The molecule has 0 bridgehead atoms. The Morgan fingerprint density at radius 2 is 1.78 bits per heavy atom. The molecule has 5 rings (SSSR count). The molecule has 0 unspecified atom stereocenters. The Morgan fingerprint density at radius 1 is 1.00 bits per heavy atom. The van der Waals surface area contributed by atoms with Crippen LogP contribution in [0.5, 0.6) is 0 Å². The summed E-state index contributed by atoms with van der Waals surface area (Å²) in [5.41, 5.74) is 4.06. The van der Waals surface area contributed by atoms with Crippen molar-refractivity contribution in [2.45, 2.75) is 26.4 Å². The third-order valence-electron chi connectivity index (χ3n) is 6.02. The Labute approximate surface area is 184 Å². The van der Waals surface area contributed by atoms with Crippen LogP contribution in [0.4, 0.5) is 0 Å². The first kappa shape index (κ1) is 20.2. The number of hydrogen-bond acceptors (Lipinski definition) is 5. The smallest absolute Gasteiger partial charge is 0.350 e. The number of carbonyl (C=O) groups is 1. The Balaban J connectivity index is 1.46. The van der Waals surface area contributed by atoms with Crippen LogP contribution >= 0.6 is 0 Å². The van der Waals surface area contributed by atoms with E-state index in [2.05, 4.69) is 15.3 Å². The van der Waals surface area contributed by atoms with Gasteiger partial charge in [-0.2, -0.15) is 5.10 Å². The van der Waals surface area contributed by atoms with Crippen molar-refractivity contribution in [2.75, 3.05) is 19.6 Å². The summed E-state index contributed by atoms with van der Waals surface area (Å²) in [7, 11) is 0. The monoisotopic (exact) mass is 431 g/mol. The van der Waals surface area contributed by atoms with E-state index in [0.717, 1.165) is 22.6 Å². The highest BCUT2D eigenvalue weighted by Crippen LogP contribution is 2.30. The number of amides is 1. The fraction of sp³-hybridized carbons (Fsp3) is 0.304. The van der Waals surface area contributed by atoms with Gasteiger partial charge in [-0.3, -0.25) is 14.1 Å². The lowest BCUT2D eigenvalue weighted by atomic mass is 10.00. The molecule has 4 heterocycles. The van der Waals surface area contributed by atoms with Gasteiger partial charge in [-0.15, -0.1) is 5.10 Å². The fourth-order valence-corrected chi connectivity index (χ4v) is 4.48. The summed E-state index contributed by atoms with van der Waals surface area (Å²) in [6.07, 6.45) is 1.71. The van der Waals surface area contributed by atoms with Crippen molar-refractivity contribution < 1.29 is 4.79 Å². The minimum Gasteiger partial charge on any atom is -0.353 e. The third-order valence-corrected chi connectivity index (χ3v) is 6.02. The topological polar surface area (TPSA) is 89.5 Å². The Hall–Kier alpha value is -3.72. The minimum atomic E-state index is -0.464. The summed E-state index contributed by atoms with van der Waals surface area (Å²) in [6.45, 7) is 6.12. The Kier molecular flexibility index (Phi) is 5.10. The molecule has 1 atom stereocenters. The van der Waals surface area contributed by atoms with Gasteiger partial charge in [-0.25, -0.2) is 14.2 Å². The van der Waals surface area contributed by atoms with Crippen molar-refractivity contribution in [3.8, 4) is 5.69 Å². The van der Waals surface area contributed by atoms with Gasteiger partial charge in [0.25, 0.3) is 0 Å². The summed E-state index contributed by atoms with van der Waals surface area (Å²) in [5.74, 6) is -0.0441. The molecule has 1 aliphatic rings. The molecule has 1 aliphatic heterocycles. The molecule has 1 amide bonds. The average molecular weight is 432 g/mol. The number of aromatic nitrogens is 5. The number of aryl methyl sites for hydroxylation is 1. The van der Waals surface area contributed by atoms with E-state index in [1.54, 1.807) is 18.3 Å². The normalized spacial score (nSPS) is 17.1. The van der Waals surface area contributed by atoms with Crippen LogP contribution in [-0.4, -0.2) is 54.4 Å². The zero-order valence-corrected chi connectivity index (χ0v) is 18.1. The quantitative estimate of drug-likeness (QED) is 0.517. The Bertz CT molecular complexity index is 1340. The molecule has 164 valence electrons. The second-order valence-electron chi connectivity index (χ2n) is 8.00. The number of carbonyl (C=O) groups excluding carboxylic acids is 1. The van der Waals surface area contributed by atoms with Crippen LogP contribution in [0, 0.1) is 13.8 Å². The van der Waals surface area contributed by atoms with Crippen molar-refractivity contribution in [3.63, 3.8) is 0 Å². The van der Waals surface area contributed by atoms with Crippen LogP contribution in [0.15, 0.2) is 59.5 Å². The first-order valence-electron chi connectivity index (χ1n) is 10.7. The molecule has 0 saturated carbocycles. The maximum atomic E-state index is 13.0. The lowest BCUT2D eigenvalue weighted by Gasteiger charge is -2.35. The molecule has 1 aromatic carbocycles. The molecule has 0 spiro atoms. The second kappa shape index (κ2) is 8.08. The summed E-state index contributed by atoms with van der Waals surface area (Å²) < 4.78 is 4.88. The van der Waals surface area contributed by atoms with Crippen LogP contribution in [0.3, 0.4) is 0 Å². The van der Waals surface area contributed by atoms with Crippen molar-refractivity contribution in [1.82, 2.24) is 34.2 Å². The van der Waals surface area contributed by atoms with E-state index in [-0.39, 0.29) is 11.6 Å². The molecular formula is C23H25N7O2. The van der Waals surface area contributed by atoms with Crippen LogP contribution in [-0.2, 0) is 11.3 Å². The largest absolute Gasteiger partial charge is 0.353 e. The zero-order chi connectivity index (χ0) is 22.2. The highest BCUT2D eigenvalue weighted by Gasteiger charge is 2.35. The zero-order valence-electron chi connectivity index (χ0n) is 18.1. The number of pyridine rings is 1. The van der Waals surface area contributed by atoms with Crippen LogP contribution < -0.4 is 11.0 Å². The van der Waals surface area contributed by atoms with Gasteiger partial charge in [0.1, 0.15) is 6.04 Å². The van der Waals surface area contributed by atoms with E-state index >= 15 is 0 Å². The van der Waals surface area contributed by atoms with Gasteiger partial charge in [0.05, 0.1) is 17.9 Å². The highest BCUT2D eigenvalue weighted by atomic mass is 16.2. The van der Waals surface area contributed by atoms with Gasteiger partial charge in [0, 0.05) is 37.1 Å². The molecule has 4 aromatic rings. The SMILES string of the molecule is Cc1nn(-c2ccccc2)c(C)c1[C@H]1C(=O)NCCN1CCn1nc2ccccn2c1=O. The fourth-order valence-electron chi connectivity index (χ4n) is 4.48. The van der Waals surface area contributed by atoms with Gasteiger partial charge in [-0.05, 0) is 38.1 Å². The molecule has 9 nitrogen and oxygen atoms in total. The van der Waals surface area contributed by atoms with Crippen LogP contribution in [0.2, 0.25) is 0 Å². The van der Waals surface area contributed by atoms with Gasteiger partial charge in [0.2, 0.25) is 5.91 Å². The predicted octanol–water partition coefficient (Wildman–Crippen LogP) is 1.47. The van der Waals surface area contributed by atoms with Crippen molar-refractivity contribution in [3.05, 3.63) is 82.2 Å². The number of piperazine rings is 1. The number of para-hydroxylation sites is 1. The lowest BCUT2D eigenvalue weighted by molar-refractivity contribution is -0.129. The molecule has 0 radical (unpaired) electrons. The van der Waals surface area contributed by atoms with E-state index in [1.165, 1.54) is 9.08 Å².